The molecule has 0 radical (unpaired) electrons. The van der Waals surface area contributed by atoms with Gasteiger partial charge in [-0.1, -0.05) is 201 Å². The summed E-state index contributed by atoms with van der Waals surface area (Å²) in [6.07, 6.45) is 0. The molecule has 0 saturated heterocycles. The quantitative estimate of drug-likeness (QED) is 0.172. The number of fused-ring (bicyclic) bond motifs is 20. The molecule has 0 atom stereocenters. The number of nitrogens with zero attached hydrogens (tertiary/aromatic N) is 1. The van der Waals surface area contributed by atoms with Gasteiger partial charge in [0.15, 0.2) is 0 Å². The van der Waals surface area contributed by atoms with E-state index >= 15 is 0 Å². The van der Waals surface area contributed by atoms with Gasteiger partial charge in [0.1, 0.15) is 22.3 Å². The molecule has 17 rings (SSSR count). The summed E-state index contributed by atoms with van der Waals surface area (Å²) in [6.45, 7) is 19.3. The van der Waals surface area contributed by atoms with E-state index in [0.717, 1.165) is 44.8 Å². The van der Waals surface area contributed by atoms with E-state index in [1.165, 1.54) is 127 Å². The molecule has 3 nitrogen and oxygen atoms in total. The molecule has 0 aliphatic heterocycles. The predicted molar refractivity (Wildman–Crippen MR) is 337 cm³/mol. The Morgan fingerprint density at radius 3 is 1.31 bits per heavy atom. The molecule has 4 aliphatic carbocycles. The molecular formula is C78H59NO2. The number of rotatable bonds is 5. The van der Waals surface area contributed by atoms with Crippen LogP contribution in [-0.4, -0.2) is 0 Å². The van der Waals surface area contributed by atoms with E-state index in [1.54, 1.807) is 0 Å². The summed E-state index contributed by atoms with van der Waals surface area (Å²) in [5.41, 5.74) is 32.0. The van der Waals surface area contributed by atoms with Crippen LogP contribution in [0.15, 0.2) is 221 Å². The van der Waals surface area contributed by atoms with Crippen molar-refractivity contribution in [1.82, 2.24) is 0 Å². The molecular weight excluding hydrogens is 983 g/mol. The van der Waals surface area contributed by atoms with Crippen molar-refractivity contribution in [3.63, 3.8) is 0 Å². The Kier molecular flexibility index (Phi) is 9.11. The van der Waals surface area contributed by atoms with Crippen LogP contribution in [-0.2, 0) is 21.7 Å². The first-order valence-electron chi connectivity index (χ1n) is 28.8. The molecule has 0 N–H and O–H groups in total. The first-order chi connectivity index (χ1) is 39.2. The number of benzene rings is 11. The van der Waals surface area contributed by atoms with Gasteiger partial charge in [0, 0.05) is 71.3 Å². The van der Waals surface area contributed by atoms with Gasteiger partial charge < -0.3 is 13.7 Å². The minimum Gasteiger partial charge on any atom is -0.456 e. The minimum absolute atomic E-state index is 0.201. The highest BCUT2D eigenvalue weighted by molar-refractivity contribution is 6.16. The van der Waals surface area contributed by atoms with Crippen LogP contribution in [0.5, 0.6) is 0 Å². The summed E-state index contributed by atoms with van der Waals surface area (Å²) >= 11 is 0. The fourth-order valence-electron chi connectivity index (χ4n) is 15.6. The van der Waals surface area contributed by atoms with E-state index in [1.807, 2.05) is 0 Å². The van der Waals surface area contributed by atoms with E-state index < -0.39 is 0 Å². The van der Waals surface area contributed by atoms with Crippen molar-refractivity contribution in [1.29, 1.82) is 0 Å². The molecule has 0 unspecified atom stereocenters. The fraction of sp³-hybridized carbons (Fsp3) is 0.154. The highest BCUT2D eigenvalue weighted by Gasteiger charge is 2.46. The summed E-state index contributed by atoms with van der Waals surface area (Å²) in [4.78, 5) is 2.58. The summed E-state index contributed by atoms with van der Waals surface area (Å²) in [5, 5.41) is 4.73. The van der Waals surface area contributed by atoms with E-state index in [9.17, 15) is 0 Å². The average molecular weight is 1040 g/mol. The normalized spacial score (nSPS) is 15.8. The van der Waals surface area contributed by atoms with Crippen molar-refractivity contribution in [2.45, 2.75) is 77.0 Å². The highest BCUT2D eigenvalue weighted by Crippen LogP contribution is 2.62. The van der Waals surface area contributed by atoms with Crippen LogP contribution in [0, 0.1) is 0 Å². The van der Waals surface area contributed by atoms with E-state index in [2.05, 4.69) is 273 Å². The van der Waals surface area contributed by atoms with Crippen molar-refractivity contribution >= 4 is 60.9 Å². The summed E-state index contributed by atoms with van der Waals surface area (Å²) < 4.78 is 13.3. The van der Waals surface area contributed by atoms with Crippen molar-refractivity contribution < 1.29 is 8.83 Å². The Balaban J connectivity index is 0.864. The number of anilines is 3. The van der Waals surface area contributed by atoms with Gasteiger partial charge in [-0.2, -0.15) is 0 Å². The van der Waals surface area contributed by atoms with Gasteiger partial charge in [0.2, 0.25) is 0 Å². The maximum Gasteiger partial charge on any atom is 0.143 e. The lowest BCUT2D eigenvalue weighted by molar-refractivity contribution is 0.649. The second kappa shape index (κ2) is 15.8. The molecule has 4 aliphatic rings. The van der Waals surface area contributed by atoms with Gasteiger partial charge >= 0.3 is 0 Å². The lowest BCUT2D eigenvalue weighted by Crippen LogP contribution is -2.19. The zero-order chi connectivity index (χ0) is 54.6. The Bertz CT molecular complexity index is 4870. The molecule has 11 aromatic carbocycles. The van der Waals surface area contributed by atoms with E-state index in [0.29, 0.717) is 0 Å². The molecule has 0 bridgehead atoms. The Morgan fingerprint density at radius 2 is 0.728 bits per heavy atom. The van der Waals surface area contributed by atoms with Crippen LogP contribution in [0.4, 0.5) is 17.1 Å². The van der Waals surface area contributed by atoms with Crippen molar-refractivity contribution in [2.24, 2.45) is 0 Å². The van der Waals surface area contributed by atoms with Crippen molar-refractivity contribution in [3.8, 4) is 66.8 Å². The third-order valence-electron chi connectivity index (χ3n) is 19.9. The molecule has 388 valence electrons. The molecule has 0 spiro atoms. The fourth-order valence-corrected chi connectivity index (χ4v) is 15.6. The standard InChI is InChI=1S/C78H59NO2/c1-75(2)59-36-37-69-72(54-25-16-18-29-68(54)80-69)70(59)57-42-63-55(40-65(57)75)50-32-30-46(38-61(50)77(63,5)6)79(73-48(44-20-11-9-12-21-44)26-19-27-49(73)45-22-13-10-14-23-45)47-31-33-51-56-41-66-58(43-64(56)78(7,8)62(51)39-47)71-60(76(66,3)4)35-34-53-52-24-15-17-28-67(52)81-74(53)71/h9-43H,1-8H3. The zero-order valence-corrected chi connectivity index (χ0v) is 47.0. The molecule has 81 heavy (non-hydrogen) atoms. The van der Waals surface area contributed by atoms with Gasteiger partial charge in [-0.25, -0.2) is 0 Å². The van der Waals surface area contributed by atoms with Crippen molar-refractivity contribution in [2.75, 3.05) is 4.90 Å². The minimum atomic E-state index is -0.320. The molecule has 13 aromatic rings. The van der Waals surface area contributed by atoms with Crippen LogP contribution in [0.3, 0.4) is 0 Å². The van der Waals surface area contributed by atoms with Gasteiger partial charge in [0.05, 0.1) is 5.69 Å². The van der Waals surface area contributed by atoms with Crippen LogP contribution in [0.25, 0.3) is 111 Å². The molecule has 2 heterocycles. The van der Waals surface area contributed by atoms with Gasteiger partial charge in [-0.3, -0.25) is 0 Å². The van der Waals surface area contributed by atoms with E-state index in [4.69, 9.17) is 8.83 Å². The third kappa shape index (κ3) is 6.08. The number of furan rings is 2. The van der Waals surface area contributed by atoms with Gasteiger partial charge in [-0.05, 0) is 161 Å². The van der Waals surface area contributed by atoms with Gasteiger partial charge in [-0.15, -0.1) is 0 Å². The van der Waals surface area contributed by atoms with Crippen LogP contribution in [0.1, 0.15) is 99.9 Å². The Hall–Kier alpha value is -9.18. The topological polar surface area (TPSA) is 29.5 Å². The Labute approximate surface area is 472 Å². The van der Waals surface area contributed by atoms with E-state index in [-0.39, 0.29) is 21.7 Å². The SMILES string of the molecule is CC1(C)c2cc(N(c3ccc4c(c3)C(C)(C)c3cc5c(cc3-4)C(C)(C)c3ccc4oc6ccccc6c4c3-5)c3c(-c4ccccc4)cccc3-c3ccccc3)ccc2-c2cc3c(cc21)-c1c(ccc2c1oc1ccccc12)C3(C)C. The Morgan fingerprint density at radius 1 is 0.284 bits per heavy atom. The first kappa shape index (κ1) is 46.7. The lowest BCUT2D eigenvalue weighted by Gasteiger charge is -2.33. The zero-order valence-electron chi connectivity index (χ0n) is 47.0. The predicted octanol–water partition coefficient (Wildman–Crippen LogP) is 21.5. The average Bonchev–Trinajstić information content (AvgIpc) is 2.62. The maximum atomic E-state index is 6.80. The lowest BCUT2D eigenvalue weighted by atomic mass is 9.79. The number of hydrogen-bond acceptors (Lipinski definition) is 3. The van der Waals surface area contributed by atoms with Crippen LogP contribution in [0.2, 0.25) is 0 Å². The first-order valence-corrected chi connectivity index (χ1v) is 28.8. The van der Waals surface area contributed by atoms with Crippen LogP contribution < -0.4 is 4.90 Å². The van der Waals surface area contributed by atoms with Crippen molar-refractivity contribution in [3.05, 3.63) is 257 Å². The second-order valence-electron chi connectivity index (χ2n) is 25.5. The van der Waals surface area contributed by atoms with Gasteiger partial charge in [0.25, 0.3) is 0 Å². The summed E-state index contributed by atoms with van der Waals surface area (Å²) in [5.74, 6) is 0. The second-order valence-corrected chi connectivity index (χ2v) is 25.5. The molecule has 0 fully saturated rings. The molecule has 2 aromatic heterocycles. The molecule has 3 heteroatoms. The monoisotopic (exact) mass is 1040 g/mol. The number of hydrogen-bond donors (Lipinski definition) is 0. The summed E-state index contributed by atoms with van der Waals surface area (Å²) in [7, 11) is 0. The largest absolute Gasteiger partial charge is 0.456 e. The highest BCUT2D eigenvalue weighted by atomic mass is 16.3. The van der Waals surface area contributed by atoms with Crippen LogP contribution >= 0.6 is 0 Å². The maximum absolute atomic E-state index is 6.80. The molecule has 0 amide bonds. The smallest absolute Gasteiger partial charge is 0.143 e. The summed E-state index contributed by atoms with van der Waals surface area (Å²) in [6, 6.07) is 79.7. The third-order valence-corrected chi connectivity index (χ3v) is 19.9. The number of para-hydroxylation sites is 3. The molecule has 0 saturated carbocycles.